The van der Waals surface area contributed by atoms with Gasteiger partial charge < -0.3 is 9.64 Å². The maximum atomic E-state index is 12.9. The molecule has 1 aromatic carbocycles. The van der Waals surface area contributed by atoms with E-state index >= 15 is 0 Å². The van der Waals surface area contributed by atoms with Crippen LogP contribution in [0.2, 0.25) is 0 Å². The van der Waals surface area contributed by atoms with E-state index in [1.165, 1.54) is 12.1 Å². The normalized spacial score (nSPS) is 9.85. The fourth-order valence-corrected chi connectivity index (χ4v) is 1.19. The Morgan fingerprint density at radius 2 is 2.23 bits per heavy atom. The molecule has 0 radical (unpaired) electrons. The lowest BCUT2D eigenvalue weighted by Crippen LogP contribution is -2.15. The second kappa shape index (κ2) is 4.37. The number of hydrogen-bond acceptors (Lipinski definition) is 3. The molecule has 4 heteroatoms. The third kappa shape index (κ3) is 2.28. The van der Waals surface area contributed by atoms with Crippen molar-refractivity contribution in [2.45, 2.75) is 0 Å². The van der Waals surface area contributed by atoms with E-state index in [9.17, 15) is 4.39 Å². The third-order valence-electron chi connectivity index (χ3n) is 1.76. The van der Waals surface area contributed by atoms with E-state index in [0.717, 1.165) is 0 Å². The quantitative estimate of drug-likeness (QED) is 0.594. The largest absolute Gasteiger partial charge is 0.495 e. The Hall–Kier alpha value is -0.900. The van der Waals surface area contributed by atoms with Gasteiger partial charge in [0.25, 0.3) is 0 Å². The van der Waals surface area contributed by atoms with Crippen LogP contribution in [-0.2, 0) is 0 Å². The van der Waals surface area contributed by atoms with E-state index in [1.807, 2.05) is 7.05 Å². The van der Waals surface area contributed by atoms with Crippen molar-refractivity contribution in [1.29, 1.82) is 0 Å². The molecule has 0 atom stereocenters. The number of anilines is 1. The number of nitrogens with zero attached hydrogens (tertiary/aromatic N) is 1. The molecule has 1 aromatic rings. The summed E-state index contributed by atoms with van der Waals surface area (Å²) in [7, 11) is 3.38. The monoisotopic (exact) mass is 201 g/mol. The predicted octanol–water partition coefficient (Wildman–Crippen LogP) is 2.16. The van der Waals surface area contributed by atoms with Gasteiger partial charge in [0.05, 0.1) is 18.7 Å². The summed E-state index contributed by atoms with van der Waals surface area (Å²) in [5, 5.41) is 0. The first-order valence-corrected chi connectivity index (χ1v) is 4.48. The lowest BCUT2D eigenvalue weighted by Gasteiger charge is -2.19. The summed E-state index contributed by atoms with van der Waals surface area (Å²) in [5.41, 5.74) is 0.706. The number of hydrogen-bond donors (Lipinski definition) is 1. The van der Waals surface area contributed by atoms with Gasteiger partial charge in [-0.05, 0) is 12.1 Å². The van der Waals surface area contributed by atoms with E-state index < -0.39 is 0 Å². The van der Waals surface area contributed by atoms with Crippen LogP contribution in [0.15, 0.2) is 18.2 Å². The van der Waals surface area contributed by atoms with Crippen LogP contribution in [0.5, 0.6) is 5.75 Å². The first-order valence-electron chi connectivity index (χ1n) is 3.84. The van der Waals surface area contributed by atoms with Gasteiger partial charge in [-0.25, -0.2) is 4.39 Å². The first-order chi connectivity index (χ1) is 6.19. The Morgan fingerprint density at radius 3 is 2.77 bits per heavy atom. The topological polar surface area (TPSA) is 12.5 Å². The molecule has 0 spiro atoms. The molecule has 0 heterocycles. The van der Waals surface area contributed by atoms with Crippen molar-refractivity contribution in [3.63, 3.8) is 0 Å². The summed E-state index contributed by atoms with van der Waals surface area (Å²) in [6.45, 7) is 0. The van der Waals surface area contributed by atoms with E-state index in [0.29, 0.717) is 17.3 Å². The van der Waals surface area contributed by atoms with Crippen LogP contribution in [-0.4, -0.2) is 20.0 Å². The molecule has 0 fully saturated rings. The summed E-state index contributed by atoms with van der Waals surface area (Å²) in [6.07, 6.45) is 0. The number of methoxy groups -OCH3 is 1. The zero-order valence-corrected chi connectivity index (χ0v) is 8.51. The lowest BCUT2D eigenvalue weighted by molar-refractivity contribution is 0.414. The summed E-state index contributed by atoms with van der Waals surface area (Å²) in [4.78, 5) is 1.80. The SMILES string of the molecule is COc1ccc(F)cc1N(C)CS. The Kier molecular flexibility index (Phi) is 3.42. The zero-order chi connectivity index (χ0) is 9.84. The molecule has 0 aliphatic carbocycles. The molecule has 13 heavy (non-hydrogen) atoms. The average Bonchev–Trinajstić information content (AvgIpc) is 2.16. The molecule has 0 amide bonds. The molecule has 0 bridgehead atoms. The van der Waals surface area contributed by atoms with Gasteiger partial charge in [0.1, 0.15) is 11.6 Å². The Balaban J connectivity index is 3.07. The van der Waals surface area contributed by atoms with E-state index in [1.54, 1.807) is 18.1 Å². The number of thiol groups is 1. The summed E-state index contributed by atoms with van der Waals surface area (Å²) >= 11 is 4.10. The Bertz CT molecular complexity index is 293. The van der Waals surface area contributed by atoms with Gasteiger partial charge in [-0.15, -0.1) is 0 Å². The molecule has 72 valence electrons. The van der Waals surface area contributed by atoms with Gasteiger partial charge in [-0.1, -0.05) is 0 Å². The maximum absolute atomic E-state index is 12.9. The Morgan fingerprint density at radius 1 is 1.54 bits per heavy atom. The first kappa shape index (κ1) is 10.2. The smallest absolute Gasteiger partial charge is 0.142 e. The molecule has 0 saturated heterocycles. The van der Waals surface area contributed by atoms with Gasteiger partial charge in [-0.3, -0.25) is 0 Å². The van der Waals surface area contributed by atoms with E-state index in [2.05, 4.69) is 12.6 Å². The Labute approximate surface area is 82.7 Å². The van der Waals surface area contributed by atoms with Gasteiger partial charge >= 0.3 is 0 Å². The van der Waals surface area contributed by atoms with Crippen molar-refractivity contribution in [1.82, 2.24) is 0 Å². The highest BCUT2D eigenvalue weighted by atomic mass is 32.1. The molecule has 0 unspecified atom stereocenters. The minimum Gasteiger partial charge on any atom is -0.495 e. The van der Waals surface area contributed by atoms with Crippen LogP contribution in [0, 0.1) is 5.82 Å². The molecule has 1 rings (SSSR count). The van der Waals surface area contributed by atoms with Crippen LogP contribution >= 0.6 is 12.6 Å². The zero-order valence-electron chi connectivity index (χ0n) is 7.62. The third-order valence-corrected chi connectivity index (χ3v) is 2.19. The number of halogens is 1. The van der Waals surface area contributed by atoms with Crippen molar-refractivity contribution in [2.24, 2.45) is 0 Å². The number of rotatable bonds is 3. The molecule has 0 aromatic heterocycles. The van der Waals surface area contributed by atoms with Crippen LogP contribution in [0.3, 0.4) is 0 Å². The second-order valence-electron chi connectivity index (χ2n) is 2.66. The molecule has 2 nitrogen and oxygen atoms in total. The maximum Gasteiger partial charge on any atom is 0.142 e. The van der Waals surface area contributed by atoms with Gasteiger partial charge in [-0.2, -0.15) is 12.6 Å². The van der Waals surface area contributed by atoms with Gasteiger partial charge in [0, 0.05) is 13.1 Å². The van der Waals surface area contributed by atoms with E-state index in [-0.39, 0.29) is 5.82 Å². The molecular weight excluding hydrogens is 189 g/mol. The molecule has 0 aliphatic rings. The minimum absolute atomic E-state index is 0.274. The highest BCUT2D eigenvalue weighted by Gasteiger charge is 2.07. The highest BCUT2D eigenvalue weighted by Crippen LogP contribution is 2.27. The summed E-state index contributed by atoms with van der Waals surface area (Å²) in [5.74, 6) is 0.891. The number of ether oxygens (including phenoxy) is 1. The lowest BCUT2D eigenvalue weighted by atomic mass is 10.2. The number of benzene rings is 1. The average molecular weight is 201 g/mol. The molecule has 0 saturated carbocycles. The fourth-order valence-electron chi connectivity index (χ4n) is 1.04. The van der Waals surface area contributed by atoms with Crippen molar-refractivity contribution in [3.05, 3.63) is 24.0 Å². The van der Waals surface area contributed by atoms with Gasteiger partial charge in [0.15, 0.2) is 0 Å². The van der Waals surface area contributed by atoms with Crippen LogP contribution in [0.1, 0.15) is 0 Å². The van der Waals surface area contributed by atoms with Crippen LogP contribution in [0.25, 0.3) is 0 Å². The summed E-state index contributed by atoms with van der Waals surface area (Å²) < 4.78 is 18.0. The van der Waals surface area contributed by atoms with Crippen LogP contribution < -0.4 is 9.64 Å². The molecule has 0 N–H and O–H groups in total. The van der Waals surface area contributed by atoms with E-state index in [4.69, 9.17) is 4.74 Å². The summed E-state index contributed by atoms with van der Waals surface area (Å²) in [6, 6.07) is 4.40. The van der Waals surface area contributed by atoms with Gasteiger partial charge in [0.2, 0.25) is 0 Å². The van der Waals surface area contributed by atoms with Crippen LogP contribution in [0.4, 0.5) is 10.1 Å². The van der Waals surface area contributed by atoms with Crippen molar-refractivity contribution in [3.8, 4) is 5.75 Å². The standard InChI is InChI=1S/C9H12FNOS/c1-11(6-13)8-5-7(10)3-4-9(8)12-2/h3-5,13H,6H2,1-2H3. The fraction of sp³-hybridized carbons (Fsp3) is 0.333. The van der Waals surface area contributed by atoms with Crippen molar-refractivity contribution >= 4 is 18.3 Å². The predicted molar refractivity (Wildman–Crippen MR) is 55.2 cm³/mol. The molecular formula is C9H12FNOS. The van der Waals surface area contributed by atoms with Crippen molar-refractivity contribution < 1.29 is 9.13 Å². The molecule has 0 aliphatic heterocycles. The van der Waals surface area contributed by atoms with Crippen molar-refractivity contribution in [2.75, 3.05) is 24.9 Å². The highest BCUT2D eigenvalue weighted by molar-refractivity contribution is 7.80. The minimum atomic E-state index is -0.274. The second-order valence-corrected chi connectivity index (χ2v) is 2.94.